The Balaban J connectivity index is 1.77. The highest BCUT2D eigenvalue weighted by molar-refractivity contribution is 7.10. The second-order valence-electron chi connectivity index (χ2n) is 4.33. The molecule has 1 unspecified atom stereocenters. The number of benzene rings is 1. The molecule has 0 bridgehead atoms. The van der Waals surface area contributed by atoms with Gasteiger partial charge in [-0.1, -0.05) is 37.3 Å². The minimum atomic E-state index is -0.403. The van der Waals surface area contributed by atoms with Crippen LogP contribution in [0.4, 0.5) is 0 Å². The highest BCUT2D eigenvalue weighted by Gasteiger charge is 2.07. The van der Waals surface area contributed by atoms with E-state index in [-0.39, 0.29) is 0 Å². The minimum Gasteiger partial charge on any atom is -0.386 e. The summed E-state index contributed by atoms with van der Waals surface area (Å²) in [6.07, 6.45) is 0.671. The standard InChI is InChI=1S/C15H19NOS/c1-2-12-5-7-13(8-6-12)10-16-11-14(17)15-4-3-9-18-15/h3-9,14,16-17H,2,10-11H2,1H3. The molecule has 96 valence electrons. The Morgan fingerprint density at radius 1 is 1.17 bits per heavy atom. The van der Waals surface area contributed by atoms with E-state index in [9.17, 15) is 5.11 Å². The lowest BCUT2D eigenvalue weighted by Gasteiger charge is -2.10. The molecule has 0 spiro atoms. The maximum atomic E-state index is 9.92. The number of nitrogens with one attached hydrogen (secondary N) is 1. The van der Waals surface area contributed by atoms with Crippen LogP contribution in [0, 0.1) is 0 Å². The molecule has 0 aliphatic carbocycles. The van der Waals surface area contributed by atoms with E-state index in [1.165, 1.54) is 11.1 Å². The van der Waals surface area contributed by atoms with Gasteiger partial charge in [0.25, 0.3) is 0 Å². The Hall–Kier alpha value is -1.16. The van der Waals surface area contributed by atoms with Crippen LogP contribution in [-0.4, -0.2) is 11.7 Å². The number of aliphatic hydroxyl groups excluding tert-OH is 1. The van der Waals surface area contributed by atoms with Crippen LogP contribution < -0.4 is 5.32 Å². The zero-order valence-electron chi connectivity index (χ0n) is 10.6. The minimum absolute atomic E-state index is 0.403. The van der Waals surface area contributed by atoms with Crippen LogP contribution in [0.1, 0.15) is 29.0 Å². The second kappa shape index (κ2) is 6.69. The Morgan fingerprint density at radius 3 is 2.50 bits per heavy atom. The van der Waals surface area contributed by atoms with Gasteiger partial charge in [0.2, 0.25) is 0 Å². The molecule has 3 heteroatoms. The highest BCUT2D eigenvalue weighted by atomic mass is 32.1. The first-order valence-electron chi connectivity index (χ1n) is 6.29. The molecule has 0 saturated heterocycles. The van der Waals surface area contributed by atoms with Crippen molar-refractivity contribution in [3.8, 4) is 0 Å². The zero-order chi connectivity index (χ0) is 12.8. The molecule has 0 aliphatic heterocycles. The van der Waals surface area contributed by atoms with Crippen molar-refractivity contribution in [2.45, 2.75) is 26.0 Å². The van der Waals surface area contributed by atoms with Crippen LogP contribution >= 0.6 is 11.3 Å². The maximum absolute atomic E-state index is 9.92. The largest absolute Gasteiger partial charge is 0.386 e. The number of thiophene rings is 1. The van der Waals surface area contributed by atoms with Crippen molar-refractivity contribution in [1.29, 1.82) is 0 Å². The zero-order valence-corrected chi connectivity index (χ0v) is 11.4. The van der Waals surface area contributed by atoms with Gasteiger partial charge in [0.05, 0.1) is 0 Å². The molecule has 2 rings (SSSR count). The van der Waals surface area contributed by atoms with Crippen LogP contribution in [0.15, 0.2) is 41.8 Å². The monoisotopic (exact) mass is 261 g/mol. The molecule has 0 aliphatic rings. The van der Waals surface area contributed by atoms with E-state index in [1.807, 2.05) is 17.5 Å². The molecule has 0 amide bonds. The van der Waals surface area contributed by atoms with Crippen LogP contribution in [-0.2, 0) is 13.0 Å². The van der Waals surface area contributed by atoms with Crippen molar-refractivity contribution >= 4 is 11.3 Å². The van der Waals surface area contributed by atoms with Crippen LogP contribution in [0.3, 0.4) is 0 Å². The first-order valence-corrected chi connectivity index (χ1v) is 7.17. The van der Waals surface area contributed by atoms with Crippen molar-refractivity contribution in [2.24, 2.45) is 0 Å². The molecule has 2 N–H and O–H groups in total. The fourth-order valence-electron chi connectivity index (χ4n) is 1.83. The molecule has 1 atom stereocenters. The van der Waals surface area contributed by atoms with Crippen LogP contribution in [0.5, 0.6) is 0 Å². The normalized spacial score (nSPS) is 12.6. The van der Waals surface area contributed by atoms with Crippen LogP contribution in [0.2, 0.25) is 0 Å². The lowest BCUT2D eigenvalue weighted by atomic mass is 10.1. The van der Waals surface area contributed by atoms with Crippen molar-refractivity contribution < 1.29 is 5.11 Å². The highest BCUT2D eigenvalue weighted by Crippen LogP contribution is 2.17. The lowest BCUT2D eigenvalue weighted by Crippen LogP contribution is -2.20. The number of aryl methyl sites for hydroxylation is 1. The first kappa shape index (κ1) is 13.3. The Morgan fingerprint density at radius 2 is 1.89 bits per heavy atom. The number of rotatable bonds is 6. The van der Waals surface area contributed by atoms with Gasteiger partial charge in [0, 0.05) is 18.0 Å². The fourth-order valence-corrected chi connectivity index (χ4v) is 2.54. The molecule has 0 fully saturated rings. The molecular weight excluding hydrogens is 242 g/mol. The molecule has 1 aromatic carbocycles. The Labute approximate surface area is 112 Å². The smallest absolute Gasteiger partial charge is 0.101 e. The van der Waals surface area contributed by atoms with E-state index >= 15 is 0 Å². The number of hydrogen-bond acceptors (Lipinski definition) is 3. The quantitative estimate of drug-likeness (QED) is 0.837. The molecule has 0 saturated carbocycles. The van der Waals surface area contributed by atoms with E-state index in [2.05, 4.69) is 36.5 Å². The maximum Gasteiger partial charge on any atom is 0.101 e. The van der Waals surface area contributed by atoms with Gasteiger partial charge in [0.1, 0.15) is 6.10 Å². The summed E-state index contributed by atoms with van der Waals surface area (Å²) < 4.78 is 0. The lowest BCUT2D eigenvalue weighted by molar-refractivity contribution is 0.178. The van der Waals surface area contributed by atoms with Gasteiger partial charge in [-0.05, 0) is 29.0 Å². The summed E-state index contributed by atoms with van der Waals surface area (Å²) in [5.74, 6) is 0. The first-order chi connectivity index (χ1) is 8.79. The van der Waals surface area contributed by atoms with Crippen molar-refractivity contribution in [1.82, 2.24) is 5.32 Å². The third kappa shape index (κ3) is 3.67. The SMILES string of the molecule is CCc1ccc(CNCC(O)c2cccs2)cc1. The molecule has 1 aromatic heterocycles. The van der Waals surface area contributed by atoms with Crippen molar-refractivity contribution in [2.75, 3.05) is 6.54 Å². The summed E-state index contributed by atoms with van der Waals surface area (Å²) in [5.41, 5.74) is 2.61. The molecule has 18 heavy (non-hydrogen) atoms. The van der Waals surface area contributed by atoms with Gasteiger partial charge >= 0.3 is 0 Å². The summed E-state index contributed by atoms with van der Waals surface area (Å²) in [5, 5.41) is 15.2. The average Bonchev–Trinajstić information content (AvgIpc) is 2.93. The average molecular weight is 261 g/mol. The van der Waals surface area contributed by atoms with E-state index in [0.717, 1.165) is 17.8 Å². The third-order valence-corrected chi connectivity index (χ3v) is 3.94. The van der Waals surface area contributed by atoms with Gasteiger partial charge in [-0.15, -0.1) is 11.3 Å². The molecular formula is C15H19NOS. The second-order valence-corrected chi connectivity index (χ2v) is 5.31. The van der Waals surface area contributed by atoms with Crippen molar-refractivity contribution in [3.63, 3.8) is 0 Å². The van der Waals surface area contributed by atoms with Gasteiger partial charge in [0.15, 0.2) is 0 Å². The Bertz CT molecular complexity index is 450. The number of hydrogen-bond donors (Lipinski definition) is 2. The summed E-state index contributed by atoms with van der Waals surface area (Å²) >= 11 is 1.59. The summed E-state index contributed by atoms with van der Waals surface area (Å²) in [6.45, 7) is 3.55. The molecule has 2 aromatic rings. The topological polar surface area (TPSA) is 32.3 Å². The van der Waals surface area contributed by atoms with E-state index in [1.54, 1.807) is 11.3 Å². The molecule has 1 heterocycles. The van der Waals surface area contributed by atoms with E-state index < -0.39 is 6.10 Å². The number of aliphatic hydroxyl groups is 1. The summed E-state index contributed by atoms with van der Waals surface area (Å²) in [4.78, 5) is 1.02. The van der Waals surface area contributed by atoms with E-state index in [4.69, 9.17) is 0 Å². The third-order valence-electron chi connectivity index (χ3n) is 2.97. The van der Waals surface area contributed by atoms with Gasteiger partial charge in [-0.2, -0.15) is 0 Å². The Kier molecular flexibility index (Phi) is 4.93. The predicted molar refractivity (Wildman–Crippen MR) is 76.8 cm³/mol. The van der Waals surface area contributed by atoms with Gasteiger partial charge < -0.3 is 10.4 Å². The summed E-state index contributed by atoms with van der Waals surface area (Å²) in [7, 11) is 0. The molecule has 0 radical (unpaired) electrons. The predicted octanol–water partition coefficient (Wildman–Crippen LogP) is 3.13. The summed E-state index contributed by atoms with van der Waals surface area (Å²) in [6, 6.07) is 12.5. The van der Waals surface area contributed by atoms with Crippen LogP contribution in [0.25, 0.3) is 0 Å². The van der Waals surface area contributed by atoms with Crippen molar-refractivity contribution in [3.05, 3.63) is 57.8 Å². The van der Waals surface area contributed by atoms with Gasteiger partial charge in [-0.25, -0.2) is 0 Å². The fraction of sp³-hybridized carbons (Fsp3) is 0.333. The molecule has 2 nitrogen and oxygen atoms in total. The van der Waals surface area contributed by atoms with Gasteiger partial charge in [-0.3, -0.25) is 0 Å². The van der Waals surface area contributed by atoms with E-state index in [0.29, 0.717) is 6.54 Å².